The van der Waals surface area contributed by atoms with Crippen molar-refractivity contribution in [3.05, 3.63) is 96.4 Å². The molecule has 4 aromatic heterocycles. The maximum atomic E-state index is 9.05. The number of pyridine rings is 3. The molecule has 0 fully saturated rings. The third-order valence-electron chi connectivity index (χ3n) is 5.00. The maximum Gasteiger partial charge on any atom is 0.138 e. The minimum absolute atomic E-state index is 0.629. The lowest BCUT2D eigenvalue weighted by atomic mass is 10.0. The highest BCUT2D eigenvalue weighted by atomic mass is 15.0. The van der Waals surface area contributed by atoms with E-state index < -0.39 is 0 Å². The Labute approximate surface area is 174 Å². The average Bonchev–Trinajstić information content (AvgIpc) is 3.19. The summed E-state index contributed by atoms with van der Waals surface area (Å²) in [5.41, 5.74) is 7.89. The second-order valence-electron chi connectivity index (χ2n) is 7.02. The summed E-state index contributed by atoms with van der Waals surface area (Å²) in [6.07, 6.45) is 3.82. The Balaban J connectivity index is 1.71. The molecule has 4 heterocycles. The van der Waals surface area contributed by atoms with E-state index in [0.717, 1.165) is 45.2 Å². The monoisotopic (exact) mass is 387 g/mol. The number of rotatable bonds is 3. The zero-order chi connectivity index (χ0) is 20.5. The molecule has 30 heavy (non-hydrogen) atoms. The van der Waals surface area contributed by atoms with Crippen LogP contribution in [0.15, 0.2) is 85.2 Å². The van der Waals surface area contributed by atoms with Crippen molar-refractivity contribution in [1.82, 2.24) is 19.4 Å². The molecule has 142 valence electrons. The number of benzene rings is 1. The van der Waals surface area contributed by atoms with E-state index in [1.807, 2.05) is 67.7 Å². The Bertz CT molecular complexity index is 1410. The Morgan fingerprint density at radius 2 is 1.70 bits per heavy atom. The standard InChI is InChI=1S/C25H17N5/c1-17-5-4-6-21(28-17)24-25(30-14-3-2-7-23(30)29-24)20-12-13-27-22(15-20)19-10-8-18(16-26)9-11-19/h2-15H,1H3. The number of nitriles is 1. The second kappa shape index (κ2) is 7.26. The van der Waals surface area contributed by atoms with E-state index in [1.54, 1.807) is 18.3 Å². The molecule has 0 aliphatic carbocycles. The molecule has 5 rings (SSSR count). The summed E-state index contributed by atoms with van der Waals surface area (Å²) in [6.45, 7) is 1.98. The zero-order valence-corrected chi connectivity index (χ0v) is 16.3. The molecule has 0 spiro atoms. The van der Waals surface area contributed by atoms with Crippen molar-refractivity contribution >= 4 is 5.65 Å². The number of hydrogen-bond acceptors (Lipinski definition) is 4. The normalized spacial score (nSPS) is 10.8. The average molecular weight is 387 g/mol. The number of aryl methyl sites for hydroxylation is 1. The number of fused-ring (bicyclic) bond motifs is 1. The maximum absolute atomic E-state index is 9.05. The van der Waals surface area contributed by atoms with Crippen LogP contribution in [0.4, 0.5) is 0 Å². The fourth-order valence-corrected chi connectivity index (χ4v) is 3.58. The van der Waals surface area contributed by atoms with Crippen molar-refractivity contribution < 1.29 is 0 Å². The summed E-state index contributed by atoms with van der Waals surface area (Å²) in [7, 11) is 0. The van der Waals surface area contributed by atoms with Crippen LogP contribution in [0.25, 0.3) is 39.5 Å². The van der Waals surface area contributed by atoms with E-state index in [0.29, 0.717) is 5.56 Å². The molecule has 0 amide bonds. The highest BCUT2D eigenvalue weighted by Gasteiger charge is 2.17. The van der Waals surface area contributed by atoms with Crippen LogP contribution in [0, 0.1) is 18.3 Å². The van der Waals surface area contributed by atoms with E-state index >= 15 is 0 Å². The van der Waals surface area contributed by atoms with Gasteiger partial charge in [-0.1, -0.05) is 24.3 Å². The number of hydrogen-bond donors (Lipinski definition) is 0. The summed E-state index contributed by atoms with van der Waals surface area (Å²) in [4.78, 5) is 14.1. The smallest absolute Gasteiger partial charge is 0.138 e. The van der Waals surface area contributed by atoms with Crippen LogP contribution < -0.4 is 0 Å². The summed E-state index contributed by atoms with van der Waals surface area (Å²) in [5, 5.41) is 9.05. The van der Waals surface area contributed by atoms with Crippen molar-refractivity contribution in [3.8, 4) is 40.0 Å². The predicted octanol–water partition coefficient (Wildman–Crippen LogP) is 5.31. The third-order valence-corrected chi connectivity index (χ3v) is 5.00. The molecule has 5 heteroatoms. The summed E-state index contributed by atoms with van der Waals surface area (Å²) in [5.74, 6) is 0. The lowest BCUT2D eigenvalue weighted by Gasteiger charge is -2.08. The van der Waals surface area contributed by atoms with Crippen molar-refractivity contribution in [2.24, 2.45) is 0 Å². The molecule has 0 unspecified atom stereocenters. The first kappa shape index (κ1) is 17.8. The Morgan fingerprint density at radius 3 is 2.50 bits per heavy atom. The lowest BCUT2D eigenvalue weighted by Crippen LogP contribution is -1.93. The minimum Gasteiger partial charge on any atom is -0.299 e. The molecule has 0 N–H and O–H groups in total. The molecule has 5 nitrogen and oxygen atoms in total. The van der Waals surface area contributed by atoms with Gasteiger partial charge in [0.25, 0.3) is 0 Å². The van der Waals surface area contributed by atoms with Crippen molar-refractivity contribution in [3.63, 3.8) is 0 Å². The first-order valence-electron chi connectivity index (χ1n) is 9.61. The highest BCUT2D eigenvalue weighted by molar-refractivity contribution is 5.82. The van der Waals surface area contributed by atoms with E-state index in [-0.39, 0.29) is 0 Å². The van der Waals surface area contributed by atoms with Crippen LogP contribution in [0.5, 0.6) is 0 Å². The van der Waals surface area contributed by atoms with Crippen molar-refractivity contribution in [2.75, 3.05) is 0 Å². The van der Waals surface area contributed by atoms with Gasteiger partial charge in [0, 0.05) is 29.2 Å². The minimum atomic E-state index is 0.629. The summed E-state index contributed by atoms with van der Waals surface area (Å²) < 4.78 is 2.08. The van der Waals surface area contributed by atoms with Gasteiger partial charge in [-0.2, -0.15) is 5.26 Å². The number of imidazole rings is 1. The van der Waals surface area contributed by atoms with Gasteiger partial charge in [0.1, 0.15) is 11.3 Å². The number of aromatic nitrogens is 4. The van der Waals surface area contributed by atoms with E-state index in [4.69, 9.17) is 15.2 Å². The van der Waals surface area contributed by atoms with Crippen LogP contribution in [0.3, 0.4) is 0 Å². The SMILES string of the molecule is Cc1cccc(-c2nc3ccccn3c2-c2ccnc(-c3ccc(C#N)cc3)c2)n1. The highest BCUT2D eigenvalue weighted by Crippen LogP contribution is 2.33. The molecular formula is C25H17N5. The quantitative estimate of drug-likeness (QED) is 0.421. The van der Waals surface area contributed by atoms with Gasteiger partial charge in [0.2, 0.25) is 0 Å². The fraction of sp³-hybridized carbons (Fsp3) is 0.0400. The molecule has 0 saturated carbocycles. The van der Waals surface area contributed by atoms with E-state index in [1.165, 1.54) is 0 Å². The van der Waals surface area contributed by atoms with Crippen LogP contribution in [-0.2, 0) is 0 Å². The largest absolute Gasteiger partial charge is 0.299 e. The topological polar surface area (TPSA) is 66.9 Å². The second-order valence-corrected chi connectivity index (χ2v) is 7.02. The first-order chi connectivity index (χ1) is 14.7. The third kappa shape index (κ3) is 3.11. The van der Waals surface area contributed by atoms with Gasteiger partial charge in [-0.15, -0.1) is 0 Å². The van der Waals surface area contributed by atoms with Gasteiger partial charge >= 0.3 is 0 Å². The predicted molar refractivity (Wildman–Crippen MR) is 117 cm³/mol. The van der Waals surface area contributed by atoms with Crippen LogP contribution in [0.1, 0.15) is 11.3 Å². The fourth-order valence-electron chi connectivity index (χ4n) is 3.58. The van der Waals surface area contributed by atoms with Gasteiger partial charge in [-0.25, -0.2) is 4.98 Å². The zero-order valence-electron chi connectivity index (χ0n) is 16.3. The Morgan fingerprint density at radius 1 is 0.833 bits per heavy atom. The molecule has 0 saturated heterocycles. The molecule has 0 bridgehead atoms. The Hall–Kier alpha value is -4.30. The van der Waals surface area contributed by atoms with E-state index in [9.17, 15) is 0 Å². The Kier molecular flexibility index (Phi) is 4.30. The van der Waals surface area contributed by atoms with Crippen LogP contribution in [0.2, 0.25) is 0 Å². The number of nitrogens with zero attached hydrogens (tertiary/aromatic N) is 5. The molecule has 0 aliphatic rings. The van der Waals surface area contributed by atoms with Crippen molar-refractivity contribution in [2.45, 2.75) is 6.92 Å². The summed E-state index contributed by atoms with van der Waals surface area (Å²) in [6, 6.07) is 25.6. The van der Waals surface area contributed by atoms with Gasteiger partial charge in [0.15, 0.2) is 0 Å². The van der Waals surface area contributed by atoms with Gasteiger partial charge in [0.05, 0.1) is 28.7 Å². The molecular weight excluding hydrogens is 370 g/mol. The van der Waals surface area contributed by atoms with Crippen LogP contribution >= 0.6 is 0 Å². The molecule has 0 radical (unpaired) electrons. The summed E-state index contributed by atoms with van der Waals surface area (Å²) >= 11 is 0. The van der Waals surface area contributed by atoms with Crippen LogP contribution in [-0.4, -0.2) is 19.4 Å². The first-order valence-corrected chi connectivity index (χ1v) is 9.61. The molecule has 0 aliphatic heterocycles. The molecule has 0 atom stereocenters. The van der Waals surface area contributed by atoms with Gasteiger partial charge < -0.3 is 0 Å². The molecule has 5 aromatic rings. The van der Waals surface area contributed by atoms with Gasteiger partial charge in [-0.05, 0) is 55.5 Å². The van der Waals surface area contributed by atoms with Gasteiger partial charge in [-0.3, -0.25) is 14.4 Å². The van der Waals surface area contributed by atoms with Crippen molar-refractivity contribution in [1.29, 1.82) is 5.26 Å². The molecule has 1 aromatic carbocycles. The lowest BCUT2D eigenvalue weighted by molar-refractivity contribution is 1.18. The van der Waals surface area contributed by atoms with E-state index in [2.05, 4.69) is 21.5 Å².